The SMILES string of the molecule is C[C@@H](c1ccncn1)N(C)Cc1ccc(Cn2cccn2)cc1. The van der Waals surface area contributed by atoms with Crippen molar-refractivity contribution in [1.29, 1.82) is 0 Å². The Morgan fingerprint density at radius 1 is 1.09 bits per heavy atom. The fourth-order valence-electron chi connectivity index (χ4n) is 2.53. The van der Waals surface area contributed by atoms with Crippen molar-refractivity contribution in [2.45, 2.75) is 26.1 Å². The second-order valence-electron chi connectivity index (χ2n) is 5.75. The molecule has 0 saturated carbocycles. The molecule has 2 heterocycles. The molecule has 2 aromatic heterocycles. The van der Waals surface area contributed by atoms with Crippen LogP contribution in [0, 0.1) is 0 Å². The highest BCUT2D eigenvalue weighted by molar-refractivity contribution is 5.23. The molecule has 0 radical (unpaired) electrons. The highest BCUT2D eigenvalue weighted by Gasteiger charge is 2.13. The minimum absolute atomic E-state index is 0.252. The third-order valence-corrected chi connectivity index (χ3v) is 4.05. The Bertz CT molecular complexity index is 707. The minimum Gasteiger partial charge on any atom is -0.294 e. The summed E-state index contributed by atoms with van der Waals surface area (Å²) in [5.41, 5.74) is 3.58. The van der Waals surface area contributed by atoms with Crippen LogP contribution < -0.4 is 0 Å². The van der Waals surface area contributed by atoms with E-state index in [-0.39, 0.29) is 6.04 Å². The third-order valence-electron chi connectivity index (χ3n) is 4.05. The molecule has 1 aromatic carbocycles. The van der Waals surface area contributed by atoms with Gasteiger partial charge in [0, 0.05) is 31.2 Å². The molecule has 0 saturated heterocycles. The maximum absolute atomic E-state index is 4.33. The highest BCUT2D eigenvalue weighted by Crippen LogP contribution is 2.18. The fourth-order valence-corrected chi connectivity index (χ4v) is 2.53. The normalized spacial score (nSPS) is 12.5. The Hall–Kier alpha value is -2.53. The van der Waals surface area contributed by atoms with Crippen molar-refractivity contribution >= 4 is 0 Å². The van der Waals surface area contributed by atoms with Crippen LogP contribution in [0.2, 0.25) is 0 Å². The number of benzene rings is 1. The Morgan fingerprint density at radius 2 is 1.87 bits per heavy atom. The molecule has 0 aliphatic rings. The van der Waals surface area contributed by atoms with Crippen LogP contribution in [0.3, 0.4) is 0 Å². The number of hydrogen-bond donors (Lipinski definition) is 0. The van der Waals surface area contributed by atoms with Gasteiger partial charge in [0.05, 0.1) is 12.2 Å². The maximum Gasteiger partial charge on any atom is 0.115 e. The molecule has 0 amide bonds. The molecule has 1 atom stereocenters. The molecule has 118 valence electrons. The lowest BCUT2D eigenvalue weighted by atomic mass is 10.1. The van der Waals surface area contributed by atoms with Gasteiger partial charge in [0.1, 0.15) is 6.33 Å². The average Bonchev–Trinajstić information content (AvgIpc) is 3.10. The smallest absolute Gasteiger partial charge is 0.115 e. The standard InChI is InChI=1S/C18H21N5/c1-15(18-8-10-19-14-20-18)22(2)12-16-4-6-17(7-5-16)13-23-11-3-9-21-23/h3-11,14-15H,12-13H2,1-2H3/t15-/m0/s1. The first-order valence-corrected chi connectivity index (χ1v) is 7.74. The maximum atomic E-state index is 4.33. The van der Waals surface area contributed by atoms with Gasteiger partial charge in [-0.3, -0.25) is 9.58 Å². The summed E-state index contributed by atoms with van der Waals surface area (Å²) >= 11 is 0. The first kappa shape index (κ1) is 15.4. The summed E-state index contributed by atoms with van der Waals surface area (Å²) < 4.78 is 1.93. The van der Waals surface area contributed by atoms with Gasteiger partial charge in [-0.2, -0.15) is 5.10 Å². The van der Waals surface area contributed by atoms with Crippen LogP contribution >= 0.6 is 0 Å². The first-order chi connectivity index (χ1) is 11.2. The lowest BCUT2D eigenvalue weighted by Gasteiger charge is -2.24. The van der Waals surface area contributed by atoms with Gasteiger partial charge in [0.2, 0.25) is 0 Å². The third kappa shape index (κ3) is 4.02. The summed E-state index contributed by atoms with van der Waals surface area (Å²) in [5, 5.41) is 4.24. The van der Waals surface area contributed by atoms with Gasteiger partial charge in [-0.25, -0.2) is 9.97 Å². The lowest BCUT2D eigenvalue weighted by Crippen LogP contribution is -2.22. The molecule has 0 N–H and O–H groups in total. The summed E-state index contributed by atoms with van der Waals surface area (Å²) in [7, 11) is 2.12. The van der Waals surface area contributed by atoms with E-state index in [0.29, 0.717) is 0 Å². The van der Waals surface area contributed by atoms with Crippen molar-refractivity contribution in [1.82, 2.24) is 24.6 Å². The van der Waals surface area contributed by atoms with Gasteiger partial charge >= 0.3 is 0 Å². The molecule has 0 aliphatic heterocycles. The van der Waals surface area contributed by atoms with Crippen molar-refractivity contribution in [3.05, 3.63) is 78.1 Å². The predicted octanol–water partition coefficient (Wildman–Crippen LogP) is 2.91. The molecule has 5 nitrogen and oxygen atoms in total. The van der Waals surface area contributed by atoms with E-state index in [1.54, 1.807) is 18.7 Å². The Balaban J connectivity index is 1.61. The molecular weight excluding hydrogens is 286 g/mol. The van der Waals surface area contributed by atoms with Crippen molar-refractivity contribution in [2.75, 3.05) is 7.05 Å². The van der Waals surface area contributed by atoms with E-state index in [9.17, 15) is 0 Å². The molecule has 0 aliphatic carbocycles. The second kappa shape index (κ2) is 7.15. The molecule has 3 rings (SSSR count). The van der Waals surface area contributed by atoms with Crippen LogP contribution in [0.25, 0.3) is 0 Å². The summed E-state index contributed by atoms with van der Waals surface area (Å²) in [6, 6.07) is 12.9. The second-order valence-corrected chi connectivity index (χ2v) is 5.75. The number of hydrogen-bond acceptors (Lipinski definition) is 4. The van der Waals surface area contributed by atoms with E-state index >= 15 is 0 Å². The van der Waals surface area contributed by atoms with E-state index in [2.05, 4.69) is 58.2 Å². The summed E-state index contributed by atoms with van der Waals surface area (Å²) in [5.74, 6) is 0. The molecule has 0 bridgehead atoms. The van der Waals surface area contributed by atoms with Crippen LogP contribution in [0.4, 0.5) is 0 Å². The van der Waals surface area contributed by atoms with Gasteiger partial charge in [0.25, 0.3) is 0 Å². The van der Waals surface area contributed by atoms with Gasteiger partial charge in [-0.1, -0.05) is 24.3 Å². The predicted molar refractivity (Wildman–Crippen MR) is 89.7 cm³/mol. The van der Waals surface area contributed by atoms with E-state index in [4.69, 9.17) is 0 Å². The van der Waals surface area contributed by atoms with E-state index in [1.165, 1.54) is 11.1 Å². The average molecular weight is 307 g/mol. The largest absolute Gasteiger partial charge is 0.294 e. The van der Waals surface area contributed by atoms with Gasteiger partial charge in [-0.15, -0.1) is 0 Å². The Kier molecular flexibility index (Phi) is 4.78. The van der Waals surface area contributed by atoms with Crippen LogP contribution in [-0.2, 0) is 13.1 Å². The van der Waals surface area contributed by atoms with Crippen molar-refractivity contribution in [3.63, 3.8) is 0 Å². The van der Waals surface area contributed by atoms with Crippen LogP contribution in [-0.4, -0.2) is 31.7 Å². The van der Waals surface area contributed by atoms with E-state index in [0.717, 1.165) is 18.8 Å². The molecule has 0 fully saturated rings. The molecule has 3 aromatic rings. The quantitative estimate of drug-likeness (QED) is 0.702. The lowest BCUT2D eigenvalue weighted by molar-refractivity contribution is 0.248. The molecule has 5 heteroatoms. The molecular formula is C18H21N5. The zero-order valence-corrected chi connectivity index (χ0v) is 13.5. The number of aromatic nitrogens is 4. The van der Waals surface area contributed by atoms with Crippen molar-refractivity contribution < 1.29 is 0 Å². The molecule has 23 heavy (non-hydrogen) atoms. The van der Waals surface area contributed by atoms with Crippen molar-refractivity contribution in [3.8, 4) is 0 Å². The Morgan fingerprint density at radius 3 is 2.52 bits per heavy atom. The zero-order chi connectivity index (χ0) is 16.1. The van der Waals surface area contributed by atoms with Crippen LogP contribution in [0.5, 0.6) is 0 Å². The number of rotatable bonds is 6. The van der Waals surface area contributed by atoms with Gasteiger partial charge < -0.3 is 0 Å². The summed E-state index contributed by atoms with van der Waals surface area (Å²) in [6.07, 6.45) is 7.17. The topological polar surface area (TPSA) is 46.8 Å². The minimum atomic E-state index is 0.252. The van der Waals surface area contributed by atoms with Crippen LogP contribution in [0.15, 0.2) is 61.3 Å². The fraction of sp³-hybridized carbons (Fsp3) is 0.278. The molecule has 0 spiro atoms. The van der Waals surface area contributed by atoms with Gasteiger partial charge in [-0.05, 0) is 37.2 Å². The summed E-state index contributed by atoms with van der Waals surface area (Å²) in [6.45, 7) is 3.85. The van der Waals surface area contributed by atoms with Crippen LogP contribution in [0.1, 0.15) is 29.8 Å². The molecule has 0 unspecified atom stereocenters. The van der Waals surface area contributed by atoms with Crippen molar-refractivity contribution in [2.24, 2.45) is 0 Å². The first-order valence-electron chi connectivity index (χ1n) is 7.74. The highest BCUT2D eigenvalue weighted by atomic mass is 15.3. The Labute approximate surface area is 136 Å². The van der Waals surface area contributed by atoms with E-state index < -0.39 is 0 Å². The monoisotopic (exact) mass is 307 g/mol. The number of nitrogens with zero attached hydrogens (tertiary/aromatic N) is 5. The zero-order valence-electron chi connectivity index (χ0n) is 13.5. The van der Waals surface area contributed by atoms with E-state index in [1.807, 2.05) is 23.0 Å². The summed E-state index contributed by atoms with van der Waals surface area (Å²) in [4.78, 5) is 10.6. The van der Waals surface area contributed by atoms with Gasteiger partial charge in [0.15, 0.2) is 0 Å².